The molecule has 3 aromatic carbocycles. The van der Waals surface area contributed by atoms with E-state index >= 15 is 0 Å². The van der Waals surface area contributed by atoms with Gasteiger partial charge < -0.3 is 10.0 Å². The molecule has 0 spiro atoms. The predicted octanol–water partition coefficient (Wildman–Crippen LogP) is 5.07. The molecule has 1 aliphatic heterocycles. The van der Waals surface area contributed by atoms with E-state index < -0.39 is 11.5 Å². The third-order valence-electron chi connectivity index (χ3n) is 5.66. The van der Waals surface area contributed by atoms with E-state index in [4.69, 9.17) is 0 Å². The van der Waals surface area contributed by atoms with Crippen molar-refractivity contribution >= 4 is 33.3 Å². The number of rotatable bonds is 5. The van der Waals surface area contributed by atoms with Crippen LogP contribution in [0.25, 0.3) is 0 Å². The summed E-state index contributed by atoms with van der Waals surface area (Å²) in [5.74, 6) is -0.739. The molecule has 30 heavy (non-hydrogen) atoms. The topological polar surface area (TPSA) is 57.6 Å². The Morgan fingerprint density at radius 3 is 2.47 bits per heavy atom. The van der Waals surface area contributed by atoms with Crippen LogP contribution in [0.1, 0.15) is 39.0 Å². The van der Waals surface area contributed by atoms with Crippen molar-refractivity contribution < 1.29 is 14.7 Å². The summed E-state index contributed by atoms with van der Waals surface area (Å²) in [6.45, 7) is 4.36. The van der Waals surface area contributed by atoms with Crippen molar-refractivity contribution in [3.63, 3.8) is 0 Å². The van der Waals surface area contributed by atoms with Gasteiger partial charge in [-0.1, -0.05) is 70.0 Å². The molecular weight excluding hydrogens is 442 g/mol. The lowest BCUT2D eigenvalue weighted by molar-refractivity contribution is -0.136. The standard InChI is InChI=1S/C25H22BrNO3/c1-16-7-8-17(2)19(13-16)15-27-22-6-4-3-5-21(22)25(30,24(27)29)14-23(28)18-9-11-20(26)12-10-18/h3-13,30H,14-15H2,1-2H3/t25-/m1/s1. The highest BCUT2D eigenvalue weighted by Crippen LogP contribution is 2.43. The van der Waals surface area contributed by atoms with Gasteiger partial charge in [-0.2, -0.15) is 0 Å². The van der Waals surface area contributed by atoms with Gasteiger partial charge in [0.2, 0.25) is 0 Å². The maximum Gasteiger partial charge on any atom is 0.264 e. The van der Waals surface area contributed by atoms with E-state index in [0.29, 0.717) is 23.4 Å². The van der Waals surface area contributed by atoms with E-state index in [-0.39, 0.29) is 12.2 Å². The summed E-state index contributed by atoms with van der Waals surface area (Å²) in [7, 11) is 0. The predicted molar refractivity (Wildman–Crippen MR) is 121 cm³/mol. The summed E-state index contributed by atoms with van der Waals surface area (Å²) in [6.07, 6.45) is -0.298. The molecule has 0 saturated carbocycles. The van der Waals surface area contributed by atoms with Crippen LogP contribution in [0, 0.1) is 13.8 Å². The lowest BCUT2D eigenvalue weighted by atomic mass is 9.88. The maximum atomic E-state index is 13.4. The smallest absolute Gasteiger partial charge is 0.264 e. The van der Waals surface area contributed by atoms with Crippen LogP contribution in [0.3, 0.4) is 0 Å². The molecule has 1 N–H and O–H groups in total. The number of carbonyl (C=O) groups is 2. The highest BCUT2D eigenvalue weighted by molar-refractivity contribution is 9.10. The van der Waals surface area contributed by atoms with Gasteiger partial charge in [-0.05, 0) is 43.2 Å². The van der Waals surface area contributed by atoms with E-state index in [1.54, 1.807) is 41.3 Å². The quantitative estimate of drug-likeness (QED) is 0.537. The fraction of sp³-hybridized carbons (Fsp3) is 0.200. The molecule has 1 heterocycles. The first-order chi connectivity index (χ1) is 14.3. The Balaban J connectivity index is 1.69. The van der Waals surface area contributed by atoms with Crippen LogP contribution >= 0.6 is 15.9 Å². The van der Waals surface area contributed by atoms with Crippen molar-refractivity contribution in [3.05, 3.63) is 99.0 Å². The van der Waals surface area contributed by atoms with Gasteiger partial charge in [-0.25, -0.2) is 0 Å². The van der Waals surface area contributed by atoms with Crippen LogP contribution in [0.5, 0.6) is 0 Å². The average Bonchev–Trinajstić information content (AvgIpc) is 2.93. The van der Waals surface area contributed by atoms with Gasteiger partial charge in [0.15, 0.2) is 11.4 Å². The molecule has 1 atom stereocenters. The highest BCUT2D eigenvalue weighted by atomic mass is 79.9. The number of carbonyl (C=O) groups excluding carboxylic acids is 2. The minimum Gasteiger partial charge on any atom is -0.375 e. The zero-order valence-electron chi connectivity index (χ0n) is 16.9. The van der Waals surface area contributed by atoms with Gasteiger partial charge in [0.1, 0.15) is 0 Å². The number of amides is 1. The Bertz CT molecular complexity index is 1140. The Hall–Kier alpha value is -2.76. The van der Waals surface area contributed by atoms with Gasteiger partial charge in [0.05, 0.1) is 18.7 Å². The Morgan fingerprint density at radius 1 is 1.03 bits per heavy atom. The fourth-order valence-electron chi connectivity index (χ4n) is 3.95. The number of benzene rings is 3. The second-order valence-corrected chi connectivity index (χ2v) is 8.72. The zero-order chi connectivity index (χ0) is 21.5. The van der Waals surface area contributed by atoms with Crippen molar-refractivity contribution in [2.45, 2.75) is 32.4 Å². The van der Waals surface area contributed by atoms with E-state index in [9.17, 15) is 14.7 Å². The Labute approximate surface area is 184 Å². The number of fused-ring (bicyclic) bond motifs is 1. The van der Waals surface area contributed by atoms with E-state index in [1.807, 2.05) is 38.1 Å². The Kier molecular flexibility index (Phi) is 5.35. The van der Waals surface area contributed by atoms with Gasteiger partial charge in [-0.3, -0.25) is 9.59 Å². The largest absolute Gasteiger partial charge is 0.375 e. The lowest BCUT2D eigenvalue weighted by Gasteiger charge is -2.23. The Morgan fingerprint density at radius 2 is 1.73 bits per heavy atom. The number of halogens is 1. The third-order valence-corrected chi connectivity index (χ3v) is 6.18. The molecule has 5 heteroatoms. The molecule has 4 nitrogen and oxygen atoms in total. The van der Waals surface area contributed by atoms with Crippen LogP contribution < -0.4 is 4.90 Å². The average molecular weight is 464 g/mol. The van der Waals surface area contributed by atoms with Crippen molar-refractivity contribution in [2.24, 2.45) is 0 Å². The molecule has 0 saturated heterocycles. The number of anilines is 1. The summed E-state index contributed by atoms with van der Waals surface area (Å²) in [6, 6.07) is 20.2. The van der Waals surface area contributed by atoms with Gasteiger partial charge in [-0.15, -0.1) is 0 Å². The number of aryl methyl sites for hydroxylation is 2. The first kappa shape index (κ1) is 20.5. The molecule has 1 aliphatic rings. The first-order valence-corrected chi connectivity index (χ1v) is 10.6. The van der Waals surface area contributed by atoms with E-state index in [2.05, 4.69) is 22.0 Å². The molecule has 152 valence electrons. The second kappa shape index (κ2) is 7.82. The number of hydrogen-bond acceptors (Lipinski definition) is 3. The van der Waals surface area contributed by atoms with Crippen LogP contribution in [0.4, 0.5) is 5.69 Å². The number of ketones is 1. The number of aliphatic hydroxyl groups is 1. The highest BCUT2D eigenvalue weighted by Gasteiger charge is 2.50. The third kappa shape index (κ3) is 3.59. The monoisotopic (exact) mass is 463 g/mol. The maximum absolute atomic E-state index is 13.4. The first-order valence-electron chi connectivity index (χ1n) is 9.78. The molecule has 0 aromatic heterocycles. The van der Waals surface area contributed by atoms with Crippen LogP contribution in [0.2, 0.25) is 0 Å². The van der Waals surface area contributed by atoms with Crippen LogP contribution in [-0.4, -0.2) is 16.8 Å². The SMILES string of the molecule is Cc1ccc(C)c(CN2C(=O)[C@@](O)(CC(=O)c3ccc(Br)cc3)c3ccccc32)c1. The van der Waals surface area contributed by atoms with Gasteiger partial charge >= 0.3 is 0 Å². The summed E-state index contributed by atoms with van der Waals surface area (Å²) < 4.78 is 0.861. The normalized spacial score (nSPS) is 17.9. The molecule has 4 rings (SSSR count). The molecule has 0 bridgehead atoms. The summed E-state index contributed by atoms with van der Waals surface area (Å²) in [5.41, 5.74) is 2.91. The van der Waals surface area contributed by atoms with Crippen molar-refractivity contribution in [2.75, 3.05) is 4.90 Å². The minimum absolute atomic E-state index is 0.276. The van der Waals surface area contributed by atoms with E-state index in [0.717, 1.165) is 21.2 Å². The van der Waals surface area contributed by atoms with Crippen molar-refractivity contribution in [1.29, 1.82) is 0 Å². The van der Waals surface area contributed by atoms with E-state index in [1.165, 1.54) is 0 Å². The number of Topliss-reactive ketones (excluding diaryl/α,β-unsaturated/α-hetero) is 1. The summed E-state index contributed by atoms with van der Waals surface area (Å²) in [5, 5.41) is 11.4. The number of para-hydroxylation sites is 1. The summed E-state index contributed by atoms with van der Waals surface area (Å²) in [4.78, 5) is 27.9. The molecule has 3 aromatic rings. The lowest BCUT2D eigenvalue weighted by Crippen LogP contribution is -2.41. The fourth-order valence-corrected chi connectivity index (χ4v) is 4.21. The molecular formula is C25H22BrNO3. The van der Waals surface area contributed by atoms with Crippen molar-refractivity contribution in [1.82, 2.24) is 0 Å². The number of nitrogens with zero attached hydrogens (tertiary/aromatic N) is 1. The molecule has 0 aliphatic carbocycles. The second-order valence-electron chi connectivity index (χ2n) is 7.81. The summed E-state index contributed by atoms with van der Waals surface area (Å²) >= 11 is 3.35. The molecule has 1 amide bonds. The molecule has 0 radical (unpaired) electrons. The van der Waals surface area contributed by atoms with Crippen LogP contribution in [0.15, 0.2) is 71.2 Å². The molecule has 0 fully saturated rings. The van der Waals surface area contributed by atoms with Crippen LogP contribution in [-0.2, 0) is 16.9 Å². The zero-order valence-corrected chi connectivity index (χ0v) is 18.4. The van der Waals surface area contributed by atoms with Crippen molar-refractivity contribution in [3.8, 4) is 0 Å². The minimum atomic E-state index is -1.88. The van der Waals surface area contributed by atoms with Gasteiger partial charge in [0, 0.05) is 15.6 Å². The van der Waals surface area contributed by atoms with Gasteiger partial charge in [0.25, 0.3) is 5.91 Å². The number of hydrogen-bond donors (Lipinski definition) is 1. The molecule has 0 unspecified atom stereocenters.